The first kappa shape index (κ1) is 12.9. The highest BCUT2D eigenvalue weighted by Gasteiger charge is 2.29. The summed E-state index contributed by atoms with van der Waals surface area (Å²) in [7, 11) is 0. The summed E-state index contributed by atoms with van der Waals surface area (Å²) in [5.41, 5.74) is 2.47. The van der Waals surface area contributed by atoms with Gasteiger partial charge in [0.15, 0.2) is 5.78 Å². The SMILES string of the molecule is CCOC(=O)C1=c2[nH]c3cccc4cccc(c43)n2CC1=O. The second kappa shape index (κ2) is 4.59. The molecule has 22 heavy (non-hydrogen) atoms. The Morgan fingerprint density at radius 2 is 2.05 bits per heavy atom. The van der Waals surface area contributed by atoms with E-state index in [1.54, 1.807) is 6.92 Å². The van der Waals surface area contributed by atoms with E-state index in [0.717, 1.165) is 21.8 Å². The molecule has 110 valence electrons. The molecule has 0 saturated heterocycles. The molecule has 0 spiro atoms. The predicted octanol–water partition coefficient (Wildman–Crippen LogP) is 1.70. The minimum Gasteiger partial charge on any atom is -0.462 e. The molecule has 0 radical (unpaired) electrons. The van der Waals surface area contributed by atoms with Crippen LogP contribution in [-0.2, 0) is 20.9 Å². The highest BCUT2D eigenvalue weighted by molar-refractivity contribution is 6.39. The number of rotatable bonds is 2. The van der Waals surface area contributed by atoms with Gasteiger partial charge in [0.1, 0.15) is 11.1 Å². The number of ketones is 1. The summed E-state index contributed by atoms with van der Waals surface area (Å²) in [6.07, 6.45) is 0. The van der Waals surface area contributed by atoms with Crippen molar-refractivity contribution in [3.05, 3.63) is 41.9 Å². The van der Waals surface area contributed by atoms with Crippen LogP contribution in [0.3, 0.4) is 0 Å². The minimum atomic E-state index is -0.566. The van der Waals surface area contributed by atoms with E-state index in [4.69, 9.17) is 4.74 Å². The fourth-order valence-electron chi connectivity index (χ4n) is 3.10. The Morgan fingerprint density at radius 1 is 1.27 bits per heavy atom. The molecular formula is C17H14N2O3. The van der Waals surface area contributed by atoms with E-state index >= 15 is 0 Å². The number of esters is 1. The zero-order valence-corrected chi connectivity index (χ0v) is 12.1. The summed E-state index contributed by atoms with van der Waals surface area (Å²) in [6, 6.07) is 11.9. The Balaban J connectivity index is 2.16. The lowest BCUT2D eigenvalue weighted by atomic mass is 10.1. The number of Topliss-reactive ketones (excluding diaryl/α,β-unsaturated/α-hetero) is 1. The Bertz CT molecular complexity index is 1000. The van der Waals surface area contributed by atoms with Crippen LogP contribution in [0.4, 0.5) is 0 Å². The topological polar surface area (TPSA) is 64.1 Å². The van der Waals surface area contributed by atoms with E-state index in [1.807, 2.05) is 41.0 Å². The van der Waals surface area contributed by atoms with Gasteiger partial charge < -0.3 is 14.3 Å². The molecule has 3 aromatic rings. The third kappa shape index (κ3) is 1.65. The number of ether oxygens (including phenoxy) is 1. The number of carbonyl (C=O) groups is 2. The summed E-state index contributed by atoms with van der Waals surface area (Å²) >= 11 is 0. The molecule has 0 bridgehead atoms. The van der Waals surface area contributed by atoms with Crippen molar-refractivity contribution in [3.63, 3.8) is 0 Å². The Morgan fingerprint density at radius 3 is 2.82 bits per heavy atom. The first-order chi connectivity index (χ1) is 10.7. The molecule has 5 nitrogen and oxygen atoms in total. The van der Waals surface area contributed by atoms with Gasteiger partial charge in [-0.15, -0.1) is 0 Å². The van der Waals surface area contributed by atoms with Crippen LogP contribution in [-0.4, -0.2) is 27.9 Å². The molecule has 0 atom stereocenters. The molecule has 2 heterocycles. The maximum absolute atomic E-state index is 12.3. The lowest BCUT2D eigenvalue weighted by Crippen LogP contribution is -2.24. The van der Waals surface area contributed by atoms with Crippen molar-refractivity contribution in [2.75, 3.05) is 6.61 Å². The van der Waals surface area contributed by atoms with Crippen LogP contribution in [0.15, 0.2) is 36.4 Å². The number of aromatic nitrogens is 2. The van der Waals surface area contributed by atoms with Gasteiger partial charge in [0.25, 0.3) is 0 Å². The summed E-state index contributed by atoms with van der Waals surface area (Å²) in [6.45, 7) is 2.13. The van der Waals surface area contributed by atoms with E-state index in [1.165, 1.54) is 0 Å². The zero-order valence-electron chi connectivity index (χ0n) is 12.1. The van der Waals surface area contributed by atoms with Gasteiger partial charge in [-0.05, 0) is 24.4 Å². The number of benzene rings is 2. The van der Waals surface area contributed by atoms with Crippen LogP contribution < -0.4 is 5.48 Å². The van der Waals surface area contributed by atoms with Crippen LogP contribution in [0.2, 0.25) is 0 Å². The Hall–Kier alpha value is -2.82. The van der Waals surface area contributed by atoms with Gasteiger partial charge in [0, 0.05) is 10.9 Å². The van der Waals surface area contributed by atoms with Gasteiger partial charge in [-0.2, -0.15) is 0 Å². The second-order valence-electron chi connectivity index (χ2n) is 5.26. The molecule has 4 rings (SSSR count). The minimum absolute atomic E-state index is 0.105. The van der Waals surface area contributed by atoms with Gasteiger partial charge in [-0.25, -0.2) is 4.79 Å². The molecular weight excluding hydrogens is 280 g/mol. The van der Waals surface area contributed by atoms with Gasteiger partial charge in [-0.1, -0.05) is 24.3 Å². The predicted molar refractivity (Wildman–Crippen MR) is 82.9 cm³/mol. The van der Waals surface area contributed by atoms with Crippen molar-refractivity contribution in [1.82, 2.24) is 9.55 Å². The van der Waals surface area contributed by atoms with Crippen LogP contribution in [0, 0.1) is 0 Å². The summed E-state index contributed by atoms with van der Waals surface area (Å²) in [5.74, 6) is -0.783. The lowest BCUT2D eigenvalue weighted by molar-refractivity contribution is -0.137. The number of nitrogens with zero attached hydrogens (tertiary/aromatic N) is 1. The molecule has 2 aromatic carbocycles. The fourth-order valence-corrected chi connectivity index (χ4v) is 3.10. The monoisotopic (exact) mass is 294 g/mol. The molecule has 0 aliphatic carbocycles. The summed E-state index contributed by atoms with van der Waals surface area (Å²) < 4.78 is 6.87. The van der Waals surface area contributed by atoms with E-state index in [0.29, 0.717) is 5.48 Å². The van der Waals surface area contributed by atoms with Gasteiger partial charge in [0.05, 0.1) is 18.7 Å². The average molecular weight is 294 g/mol. The molecule has 1 aromatic heterocycles. The summed E-state index contributed by atoms with van der Waals surface area (Å²) in [5, 5.41) is 2.16. The largest absolute Gasteiger partial charge is 0.462 e. The van der Waals surface area contributed by atoms with Gasteiger partial charge in [-0.3, -0.25) is 4.79 Å². The average Bonchev–Trinajstić information content (AvgIpc) is 2.84. The van der Waals surface area contributed by atoms with Gasteiger partial charge >= 0.3 is 5.97 Å². The zero-order chi connectivity index (χ0) is 15.3. The van der Waals surface area contributed by atoms with Crippen molar-refractivity contribution in [3.8, 4) is 0 Å². The third-order valence-electron chi connectivity index (χ3n) is 3.99. The molecule has 0 unspecified atom stereocenters. The number of hydrogen-bond donors (Lipinski definition) is 1. The first-order valence-electron chi connectivity index (χ1n) is 7.21. The normalized spacial score (nSPS) is 13.9. The number of aromatic amines is 1. The van der Waals surface area contributed by atoms with Crippen LogP contribution in [0.25, 0.3) is 27.4 Å². The molecule has 0 saturated carbocycles. The first-order valence-corrected chi connectivity index (χ1v) is 7.21. The van der Waals surface area contributed by atoms with Gasteiger partial charge in [0.2, 0.25) is 0 Å². The highest BCUT2D eigenvalue weighted by Crippen LogP contribution is 2.25. The maximum atomic E-state index is 12.3. The molecule has 0 fully saturated rings. The van der Waals surface area contributed by atoms with Crippen molar-refractivity contribution in [2.45, 2.75) is 13.5 Å². The number of fused-ring (bicyclic) bond motifs is 2. The molecule has 1 N–H and O–H groups in total. The van der Waals surface area contributed by atoms with E-state index in [2.05, 4.69) is 4.98 Å². The fraction of sp³-hybridized carbons (Fsp3) is 0.176. The number of nitrogens with one attached hydrogen (secondary N) is 1. The van der Waals surface area contributed by atoms with E-state index in [9.17, 15) is 9.59 Å². The number of carbonyl (C=O) groups excluding carboxylic acids is 2. The lowest BCUT2D eigenvalue weighted by Gasteiger charge is -2.11. The second-order valence-corrected chi connectivity index (χ2v) is 5.26. The van der Waals surface area contributed by atoms with Crippen molar-refractivity contribution < 1.29 is 14.3 Å². The van der Waals surface area contributed by atoms with Crippen molar-refractivity contribution >= 4 is 39.1 Å². The van der Waals surface area contributed by atoms with Crippen LogP contribution >= 0.6 is 0 Å². The smallest absolute Gasteiger partial charge is 0.345 e. The third-order valence-corrected chi connectivity index (χ3v) is 3.99. The molecule has 1 aliphatic rings. The van der Waals surface area contributed by atoms with Crippen LogP contribution in [0.1, 0.15) is 6.92 Å². The Labute approximate surface area is 125 Å². The van der Waals surface area contributed by atoms with Crippen molar-refractivity contribution in [2.24, 2.45) is 0 Å². The maximum Gasteiger partial charge on any atom is 0.345 e. The Kier molecular flexibility index (Phi) is 2.69. The number of H-pyrrole nitrogens is 1. The van der Waals surface area contributed by atoms with E-state index in [-0.39, 0.29) is 24.5 Å². The summed E-state index contributed by atoms with van der Waals surface area (Å²) in [4.78, 5) is 27.6. The standard InChI is InChI=1S/C17H14N2O3/c1-2-22-17(21)15-13(20)9-19-12-8-4-6-10-5-3-7-11(14(10)12)18-16(15)19/h3-8,18H,2,9H2,1H3. The van der Waals surface area contributed by atoms with E-state index < -0.39 is 5.97 Å². The quantitative estimate of drug-likeness (QED) is 0.732. The van der Waals surface area contributed by atoms with Crippen molar-refractivity contribution in [1.29, 1.82) is 0 Å². The molecule has 1 aliphatic heterocycles. The molecule has 0 amide bonds. The van der Waals surface area contributed by atoms with Crippen LogP contribution in [0.5, 0.6) is 0 Å². The highest BCUT2D eigenvalue weighted by atomic mass is 16.5. The molecule has 5 heteroatoms. The number of hydrogen-bond acceptors (Lipinski definition) is 3.